The van der Waals surface area contributed by atoms with Crippen LogP contribution < -0.4 is 21.3 Å². The van der Waals surface area contributed by atoms with Gasteiger partial charge in [-0.25, -0.2) is 9.59 Å². The highest BCUT2D eigenvalue weighted by Gasteiger charge is 2.15. The van der Waals surface area contributed by atoms with Crippen LogP contribution in [-0.2, 0) is 9.53 Å². The fraction of sp³-hybridized carbons (Fsp3) is 0.750. The first-order valence-corrected chi connectivity index (χ1v) is 6.43. The molecule has 8 heteroatoms. The first kappa shape index (κ1) is 18.0. The summed E-state index contributed by atoms with van der Waals surface area (Å²) in [4.78, 5) is 33.1. The van der Waals surface area contributed by atoms with E-state index in [1.54, 1.807) is 20.8 Å². The Hall–Kier alpha value is -1.99. The first-order valence-electron chi connectivity index (χ1n) is 6.43. The maximum atomic E-state index is 11.3. The summed E-state index contributed by atoms with van der Waals surface area (Å²) in [6, 6.07) is -0.360. The van der Waals surface area contributed by atoms with Gasteiger partial charge in [0.1, 0.15) is 5.60 Å². The van der Waals surface area contributed by atoms with Crippen molar-refractivity contribution in [3.63, 3.8) is 0 Å². The number of carbonyl (C=O) groups excluding carboxylic acids is 3. The number of carbonyl (C=O) groups is 3. The van der Waals surface area contributed by atoms with Crippen molar-refractivity contribution in [2.24, 2.45) is 0 Å². The molecule has 0 radical (unpaired) electrons. The molecule has 0 aromatic rings. The van der Waals surface area contributed by atoms with Crippen LogP contribution >= 0.6 is 0 Å². The summed E-state index contributed by atoms with van der Waals surface area (Å²) in [7, 11) is 0. The van der Waals surface area contributed by atoms with Crippen LogP contribution in [0.2, 0.25) is 0 Å². The zero-order valence-electron chi connectivity index (χ0n) is 12.5. The van der Waals surface area contributed by atoms with Gasteiger partial charge in [0, 0.05) is 33.1 Å². The third-order valence-corrected chi connectivity index (χ3v) is 1.86. The van der Waals surface area contributed by atoms with Gasteiger partial charge < -0.3 is 26.0 Å². The van der Waals surface area contributed by atoms with Gasteiger partial charge in [0.15, 0.2) is 0 Å². The van der Waals surface area contributed by atoms with E-state index in [9.17, 15) is 14.4 Å². The van der Waals surface area contributed by atoms with E-state index in [2.05, 4.69) is 21.3 Å². The molecule has 0 heterocycles. The Balaban J connectivity index is 3.52. The number of ether oxygens (including phenoxy) is 1. The minimum absolute atomic E-state index is 0.145. The fourth-order valence-corrected chi connectivity index (χ4v) is 1.13. The van der Waals surface area contributed by atoms with E-state index in [1.165, 1.54) is 6.92 Å². The molecule has 0 aliphatic heterocycles. The minimum Gasteiger partial charge on any atom is -0.444 e. The lowest BCUT2D eigenvalue weighted by molar-refractivity contribution is -0.118. The molecule has 4 N–H and O–H groups in total. The Morgan fingerprint density at radius 1 is 0.850 bits per heavy atom. The Bertz CT molecular complexity index is 339. The molecule has 8 nitrogen and oxygen atoms in total. The number of hydrogen-bond donors (Lipinski definition) is 4. The zero-order chi connectivity index (χ0) is 15.6. The van der Waals surface area contributed by atoms with Gasteiger partial charge in [0.05, 0.1) is 0 Å². The Morgan fingerprint density at radius 3 is 1.75 bits per heavy atom. The van der Waals surface area contributed by atoms with Gasteiger partial charge >= 0.3 is 12.1 Å². The van der Waals surface area contributed by atoms with E-state index in [4.69, 9.17) is 4.74 Å². The van der Waals surface area contributed by atoms with Crippen LogP contribution in [0.1, 0.15) is 27.7 Å². The molecular formula is C12H24N4O4. The third kappa shape index (κ3) is 12.5. The molecule has 0 aliphatic carbocycles. The van der Waals surface area contributed by atoms with Crippen molar-refractivity contribution in [2.75, 3.05) is 26.2 Å². The molecule has 116 valence electrons. The summed E-state index contributed by atoms with van der Waals surface area (Å²) in [5.74, 6) is -0.145. The summed E-state index contributed by atoms with van der Waals surface area (Å²) in [6.45, 7) is 7.99. The van der Waals surface area contributed by atoms with Gasteiger partial charge in [-0.1, -0.05) is 0 Å². The van der Waals surface area contributed by atoms with Gasteiger partial charge in [-0.05, 0) is 20.8 Å². The van der Waals surface area contributed by atoms with E-state index in [0.717, 1.165) is 0 Å². The highest BCUT2D eigenvalue weighted by Crippen LogP contribution is 2.05. The lowest BCUT2D eigenvalue weighted by Gasteiger charge is -2.19. The summed E-state index contributed by atoms with van der Waals surface area (Å²) in [6.07, 6.45) is -0.523. The van der Waals surface area contributed by atoms with Crippen molar-refractivity contribution in [3.05, 3.63) is 0 Å². The van der Waals surface area contributed by atoms with Crippen LogP contribution in [0.5, 0.6) is 0 Å². The van der Waals surface area contributed by atoms with E-state index in [1.807, 2.05) is 0 Å². The number of hydrogen-bond acceptors (Lipinski definition) is 4. The van der Waals surface area contributed by atoms with E-state index in [-0.39, 0.29) is 25.0 Å². The molecule has 0 fully saturated rings. The molecule has 0 aliphatic rings. The average Bonchev–Trinajstić information content (AvgIpc) is 2.28. The molecule has 4 amide bonds. The normalized spacial score (nSPS) is 10.4. The maximum absolute atomic E-state index is 11.3. The third-order valence-electron chi connectivity index (χ3n) is 1.86. The molecule has 0 saturated carbocycles. The van der Waals surface area contributed by atoms with Crippen LogP contribution in [0, 0.1) is 0 Å². The minimum atomic E-state index is -0.543. The molecule has 0 aromatic heterocycles. The molecule has 0 spiro atoms. The van der Waals surface area contributed by atoms with Crippen LogP contribution in [-0.4, -0.2) is 49.8 Å². The van der Waals surface area contributed by atoms with E-state index in [0.29, 0.717) is 13.1 Å². The average molecular weight is 288 g/mol. The van der Waals surface area contributed by atoms with Crippen LogP contribution in [0.3, 0.4) is 0 Å². The van der Waals surface area contributed by atoms with Gasteiger partial charge in [-0.3, -0.25) is 4.79 Å². The Labute approximate surface area is 119 Å². The van der Waals surface area contributed by atoms with Crippen molar-refractivity contribution in [1.82, 2.24) is 21.3 Å². The fourth-order valence-electron chi connectivity index (χ4n) is 1.13. The van der Waals surface area contributed by atoms with Crippen molar-refractivity contribution >= 4 is 18.0 Å². The molecule has 0 aromatic carbocycles. The second-order valence-electron chi connectivity index (χ2n) is 5.09. The second-order valence-corrected chi connectivity index (χ2v) is 5.09. The molecule has 0 unspecified atom stereocenters. The zero-order valence-corrected chi connectivity index (χ0v) is 12.5. The molecule has 0 atom stereocenters. The number of rotatable bonds is 6. The quantitative estimate of drug-likeness (QED) is 0.514. The molecule has 20 heavy (non-hydrogen) atoms. The molecular weight excluding hydrogens is 264 g/mol. The molecule has 0 bridgehead atoms. The van der Waals surface area contributed by atoms with Gasteiger partial charge in [0.2, 0.25) is 5.91 Å². The monoisotopic (exact) mass is 288 g/mol. The summed E-state index contributed by atoms with van der Waals surface area (Å²) >= 11 is 0. The molecule has 0 saturated heterocycles. The highest BCUT2D eigenvalue weighted by molar-refractivity contribution is 5.74. The number of nitrogens with one attached hydrogen (secondary N) is 4. The van der Waals surface area contributed by atoms with Gasteiger partial charge in [0.25, 0.3) is 0 Å². The van der Waals surface area contributed by atoms with Gasteiger partial charge in [-0.2, -0.15) is 0 Å². The summed E-state index contributed by atoms with van der Waals surface area (Å²) in [5.41, 5.74) is -0.543. The van der Waals surface area contributed by atoms with Crippen molar-refractivity contribution in [1.29, 1.82) is 0 Å². The first-order chi connectivity index (χ1) is 9.20. The summed E-state index contributed by atoms with van der Waals surface area (Å²) in [5, 5.41) is 10.2. The Morgan fingerprint density at radius 2 is 1.30 bits per heavy atom. The number of urea groups is 1. The lowest BCUT2D eigenvalue weighted by atomic mass is 10.2. The highest BCUT2D eigenvalue weighted by atomic mass is 16.6. The number of amides is 4. The van der Waals surface area contributed by atoms with Crippen LogP contribution in [0.25, 0.3) is 0 Å². The van der Waals surface area contributed by atoms with E-state index >= 15 is 0 Å². The van der Waals surface area contributed by atoms with Crippen molar-refractivity contribution in [2.45, 2.75) is 33.3 Å². The van der Waals surface area contributed by atoms with Gasteiger partial charge in [-0.15, -0.1) is 0 Å². The van der Waals surface area contributed by atoms with Crippen molar-refractivity contribution in [3.8, 4) is 0 Å². The predicted octanol–water partition coefficient (Wildman–Crippen LogP) is -0.0536. The number of alkyl carbamates (subject to hydrolysis) is 1. The lowest BCUT2D eigenvalue weighted by Crippen LogP contribution is -2.43. The SMILES string of the molecule is CC(=O)NCCNC(=O)NCCNC(=O)OC(C)(C)C. The van der Waals surface area contributed by atoms with Crippen LogP contribution in [0.15, 0.2) is 0 Å². The van der Waals surface area contributed by atoms with Crippen molar-refractivity contribution < 1.29 is 19.1 Å². The molecule has 0 rings (SSSR count). The van der Waals surface area contributed by atoms with E-state index < -0.39 is 11.7 Å². The Kier molecular flexibility index (Phi) is 8.10. The second kappa shape index (κ2) is 9.00. The van der Waals surface area contributed by atoms with Crippen LogP contribution in [0.4, 0.5) is 9.59 Å². The standard InChI is InChI=1S/C12H24N4O4/c1-9(17)13-5-6-14-10(18)15-7-8-16-11(19)20-12(2,3)4/h5-8H2,1-4H3,(H,13,17)(H,16,19)(H2,14,15,18). The predicted molar refractivity (Wildman–Crippen MR) is 74.3 cm³/mol. The topological polar surface area (TPSA) is 109 Å². The maximum Gasteiger partial charge on any atom is 0.407 e. The summed E-state index contributed by atoms with van der Waals surface area (Å²) < 4.78 is 5.03. The largest absolute Gasteiger partial charge is 0.444 e. The smallest absolute Gasteiger partial charge is 0.407 e.